The second kappa shape index (κ2) is 9.11. The van der Waals surface area contributed by atoms with Crippen LogP contribution in [0.25, 0.3) is 0 Å². The van der Waals surface area contributed by atoms with Gasteiger partial charge in [0.1, 0.15) is 16.7 Å². The van der Waals surface area contributed by atoms with E-state index >= 15 is 0 Å². The molecule has 0 bridgehead atoms. The summed E-state index contributed by atoms with van der Waals surface area (Å²) in [6.07, 6.45) is 0. The Kier molecular flexibility index (Phi) is 6.56. The van der Waals surface area contributed by atoms with Crippen molar-refractivity contribution in [2.45, 2.75) is 10.1 Å². The van der Waals surface area contributed by atoms with Gasteiger partial charge in [0, 0.05) is 17.0 Å². The molecule has 1 heterocycles. The maximum absolute atomic E-state index is 13.3. The Bertz CT molecular complexity index is 1060. The molecule has 2 aromatic carbocycles. The zero-order valence-electron chi connectivity index (χ0n) is 16.0. The van der Waals surface area contributed by atoms with Crippen molar-refractivity contribution in [3.8, 4) is 11.5 Å². The maximum atomic E-state index is 13.3. The second-order valence-electron chi connectivity index (χ2n) is 6.17. The summed E-state index contributed by atoms with van der Waals surface area (Å²) in [7, 11) is -0.685. The van der Waals surface area contributed by atoms with Gasteiger partial charge in [-0.2, -0.15) is 0 Å². The van der Waals surface area contributed by atoms with Gasteiger partial charge >= 0.3 is 0 Å². The zero-order chi connectivity index (χ0) is 20.9. The molecule has 0 spiro atoms. The summed E-state index contributed by atoms with van der Waals surface area (Å²) in [6.45, 7) is -0.0507. The number of methoxy groups -OCH3 is 2. The number of nitrogens with one attached hydrogen (secondary N) is 1. The smallest absolute Gasteiger partial charge is 0.251 e. The lowest BCUT2D eigenvalue weighted by molar-refractivity contribution is 0.0953. The van der Waals surface area contributed by atoms with Gasteiger partial charge in [0.25, 0.3) is 5.91 Å². The van der Waals surface area contributed by atoms with E-state index in [1.807, 2.05) is 5.38 Å². The minimum absolute atomic E-state index is 0.0507. The van der Waals surface area contributed by atoms with Crippen molar-refractivity contribution in [2.75, 3.05) is 20.8 Å². The minimum Gasteiger partial charge on any atom is -0.497 e. The number of benzene rings is 2. The molecule has 29 heavy (non-hydrogen) atoms. The summed E-state index contributed by atoms with van der Waals surface area (Å²) in [5.74, 6) is 0.761. The Balaban J connectivity index is 1.85. The Labute approximate surface area is 174 Å². The molecule has 3 aromatic rings. The van der Waals surface area contributed by atoms with Crippen molar-refractivity contribution >= 4 is 27.1 Å². The van der Waals surface area contributed by atoms with Crippen molar-refractivity contribution in [3.05, 3.63) is 76.5 Å². The lowest BCUT2D eigenvalue weighted by Gasteiger charge is -2.18. The van der Waals surface area contributed by atoms with Gasteiger partial charge in [-0.3, -0.25) is 4.79 Å². The average Bonchev–Trinajstić information content (AvgIpc) is 3.28. The molecule has 1 amide bonds. The predicted molar refractivity (Wildman–Crippen MR) is 113 cm³/mol. The van der Waals surface area contributed by atoms with Crippen molar-refractivity contribution < 1.29 is 22.7 Å². The van der Waals surface area contributed by atoms with Gasteiger partial charge in [-0.05, 0) is 53.9 Å². The first kappa shape index (κ1) is 20.9. The fourth-order valence-corrected chi connectivity index (χ4v) is 5.60. The molecule has 0 aliphatic heterocycles. The zero-order valence-corrected chi connectivity index (χ0v) is 17.6. The van der Waals surface area contributed by atoms with Gasteiger partial charge in [-0.25, -0.2) is 8.42 Å². The van der Waals surface area contributed by atoms with Crippen LogP contribution < -0.4 is 14.8 Å². The minimum atomic E-state index is -3.72. The number of amides is 1. The fraction of sp³-hybridized carbons (Fsp3) is 0.190. The molecule has 3 rings (SSSR count). The van der Waals surface area contributed by atoms with Crippen LogP contribution in [0.5, 0.6) is 11.5 Å². The molecule has 0 fully saturated rings. The molecule has 0 aliphatic rings. The van der Waals surface area contributed by atoms with Crippen LogP contribution in [0, 0.1) is 0 Å². The molecule has 0 saturated carbocycles. The van der Waals surface area contributed by atoms with E-state index in [0.717, 1.165) is 0 Å². The third-order valence-electron chi connectivity index (χ3n) is 4.40. The molecule has 0 radical (unpaired) electrons. The Morgan fingerprint density at radius 3 is 2.34 bits per heavy atom. The molecule has 0 saturated heterocycles. The molecule has 8 heteroatoms. The number of thiophene rings is 1. The SMILES string of the molecule is COc1ccc(S(=O)(=O)C(CNC(=O)c2cccc(OC)c2)c2cccs2)cc1. The molecule has 0 aliphatic carbocycles. The van der Waals surface area contributed by atoms with E-state index in [4.69, 9.17) is 9.47 Å². The number of hydrogen-bond acceptors (Lipinski definition) is 6. The summed E-state index contributed by atoms with van der Waals surface area (Å²) < 4.78 is 36.8. The topological polar surface area (TPSA) is 81.7 Å². The summed E-state index contributed by atoms with van der Waals surface area (Å²) in [4.78, 5) is 13.4. The summed E-state index contributed by atoms with van der Waals surface area (Å²) in [6, 6.07) is 16.5. The summed E-state index contributed by atoms with van der Waals surface area (Å²) >= 11 is 1.34. The highest BCUT2D eigenvalue weighted by Crippen LogP contribution is 2.32. The number of hydrogen-bond donors (Lipinski definition) is 1. The lowest BCUT2D eigenvalue weighted by atomic mass is 10.2. The molecule has 1 aromatic heterocycles. The Morgan fingerprint density at radius 2 is 1.72 bits per heavy atom. The van der Waals surface area contributed by atoms with Crippen LogP contribution in [-0.4, -0.2) is 35.1 Å². The highest BCUT2D eigenvalue weighted by molar-refractivity contribution is 7.91. The summed E-state index contributed by atoms with van der Waals surface area (Å²) in [5, 5.41) is 3.66. The van der Waals surface area contributed by atoms with E-state index in [0.29, 0.717) is 21.9 Å². The molecule has 1 N–H and O–H groups in total. The van der Waals surface area contributed by atoms with Crippen LogP contribution in [0.1, 0.15) is 20.5 Å². The van der Waals surface area contributed by atoms with Gasteiger partial charge in [0.05, 0.1) is 19.1 Å². The number of sulfone groups is 1. The number of carbonyl (C=O) groups excluding carboxylic acids is 1. The predicted octanol–water partition coefficient (Wildman–Crippen LogP) is 3.71. The molecule has 6 nitrogen and oxygen atoms in total. The van der Waals surface area contributed by atoms with Crippen LogP contribution >= 0.6 is 11.3 Å². The Morgan fingerprint density at radius 1 is 1.00 bits per heavy atom. The molecular formula is C21H21NO5S2. The fourth-order valence-electron chi connectivity index (χ4n) is 2.82. The molecule has 152 valence electrons. The van der Waals surface area contributed by atoms with E-state index in [9.17, 15) is 13.2 Å². The van der Waals surface area contributed by atoms with E-state index in [2.05, 4.69) is 5.32 Å². The highest BCUT2D eigenvalue weighted by atomic mass is 32.2. The van der Waals surface area contributed by atoms with E-state index < -0.39 is 15.1 Å². The van der Waals surface area contributed by atoms with Crippen LogP contribution in [0.4, 0.5) is 0 Å². The lowest BCUT2D eigenvalue weighted by Crippen LogP contribution is -2.31. The normalized spacial score (nSPS) is 12.2. The van der Waals surface area contributed by atoms with Gasteiger partial charge in [-0.1, -0.05) is 12.1 Å². The van der Waals surface area contributed by atoms with E-state index in [1.54, 1.807) is 48.5 Å². The summed E-state index contributed by atoms with van der Waals surface area (Å²) in [5.41, 5.74) is 0.399. The maximum Gasteiger partial charge on any atom is 0.251 e. The van der Waals surface area contributed by atoms with Gasteiger partial charge in [0.15, 0.2) is 9.84 Å². The second-order valence-corrected chi connectivity index (χ2v) is 9.28. The van der Waals surface area contributed by atoms with Crippen molar-refractivity contribution in [1.82, 2.24) is 5.32 Å². The van der Waals surface area contributed by atoms with E-state index in [1.165, 1.54) is 37.7 Å². The van der Waals surface area contributed by atoms with Crippen molar-refractivity contribution in [3.63, 3.8) is 0 Å². The van der Waals surface area contributed by atoms with Gasteiger partial charge in [-0.15, -0.1) is 11.3 Å². The average molecular weight is 432 g/mol. The monoisotopic (exact) mass is 431 g/mol. The molecule has 1 unspecified atom stereocenters. The van der Waals surface area contributed by atoms with Crippen LogP contribution in [0.2, 0.25) is 0 Å². The van der Waals surface area contributed by atoms with Gasteiger partial charge in [0.2, 0.25) is 0 Å². The first-order valence-corrected chi connectivity index (χ1v) is 11.2. The first-order valence-electron chi connectivity index (χ1n) is 8.79. The third kappa shape index (κ3) is 4.78. The van der Waals surface area contributed by atoms with Gasteiger partial charge < -0.3 is 14.8 Å². The molecule has 1 atom stereocenters. The molecular weight excluding hydrogens is 410 g/mol. The number of carbonyl (C=O) groups is 1. The highest BCUT2D eigenvalue weighted by Gasteiger charge is 2.30. The van der Waals surface area contributed by atoms with Crippen molar-refractivity contribution in [1.29, 1.82) is 0 Å². The van der Waals surface area contributed by atoms with E-state index in [-0.39, 0.29) is 17.3 Å². The van der Waals surface area contributed by atoms with Crippen molar-refractivity contribution in [2.24, 2.45) is 0 Å². The van der Waals surface area contributed by atoms with Crippen LogP contribution in [-0.2, 0) is 9.84 Å². The third-order valence-corrected chi connectivity index (χ3v) is 7.64. The standard InChI is InChI=1S/C21H21NO5S2/c1-26-16-8-10-18(11-9-16)29(24,25)20(19-7-4-12-28-19)14-22-21(23)15-5-3-6-17(13-15)27-2/h3-13,20H,14H2,1-2H3,(H,22,23). The Hall–Kier alpha value is -2.84. The van der Waals surface area contributed by atoms with Crippen LogP contribution in [0.15, 0.2) is 70.9 Å². The largest absolute Gasteiger partial charge is 0.497 e. The number of ether oxygens (including phenoxy) is 2. The number of rotatable bonds is 8. The van der Waals surface area contributed by atoms with Crippen LogP contribution in [0.3, 0.4) is 0 Å². The first-order chi connectivity index (χ1) is 14.0. The quantitative estimate of drug-likeness (QED) is 0.588.